The quantitative estimate of drug-likeness (QED) is 0.689. The van der Waals surface area contributed by atoms with Crippen molar-refractivity contribution >= 4 is 0 Å². The summed E-state index contributed by atoms with van der Waals surface area (Å²) >= 11 is 0. The highest BCUT2D eigenvalue weighted by molar-refractivity contribution is 4.97. The molecular weight excluding hydrogens is 196 g/mol. The van der Waals surface area contributed by atoms with Crippen molar-refractivity contribution in [2.45, 2.75) is 65.8 Å². The second kappa shape index (κ2) is 8.08. The smallest absolute Gasteiger partial charge is 0.00965 e. The molecule has 0 aromatic heterocycles. The fourth-order valence-corrected chi connectivity index (χ4v) is 2.85. The Morgan fingerprint density at radius 2 is 1.50 bits per heavy atom. The maximum absolute atomic E-state index is 6.17. The summed E-state index contributed by atoms with van der Waals surface area (Å²) in [6.45, 7) is 10.5. The van der Waals surface area contributed by atoms with E-state index in [4.69, 9.17) is 5.73 Å². The monoisotopic (exact) mass is 228 g/mol. The molecular formula is C14H32N2. The van der Waals surface area contributed by atoms with Gasteiger partial charge in [-0.3, -0.25) is 0 Å². The van der Waals surface area contributed by atoms with E-state index in [1.54, 1.807) is 0 Å². The van der Waals surface area contributed by atoms with Crippen molar-refractivity contribution in [2.75, 3.05) is 20.1 Å². The zero-order valence-corrected chi connectivity index (χ0v) is 12.1. The molecule has 2 heteroatoms. The second-order valence-corrected chi connectivity index (χ2v) is 4.66. The number of piperidine rings is 1. The second-order valence-electron chi connectivity index (χ2n) is 4.66. The van der Waals surface area contributed by atoms with Crippen molar-refractivity contribution in [3.63, 3.8) is 0 Å². The van der Waals surface area contributed by atoms with Crippen LogP contribution in [0.3, 0.4) is 0 Å². The molecule has 0 aromatic rings. The van der Waals surface area contributed by atoms with E-state index in [-0.39, 0.29) is 0 Å². The molecule has 2 rings (SSSR count). The van der Waals surface area contributed by atoms with E-state index >= 15 is 0 Å². The van der Waals surface area contributed by atoms with E-state index in [0.717, 1.165) is 0 Å². The summed E-state index contributed by atoms with van der Waals surface area (Å²) in [5, 5.41) is 0. The lowest BCUT2D eigenvalue weighted by Crippen LogP contribution is -2.45. The van der Waals surface area contributed by atoms with Gasteiger partial charge in [-0.25, -0.2) is 0 Å². The topological polar surface area (TPSA) is 29.3 Å². The molecule has 1 aliphatic carbocycles. The minimum absolute atomic E-state index is 0.506. The van der Waals surface area contributed by atoms with Gasteiger partial charge >= 0.3 is 0 Å². The highest BCUT2D eigenvalue weighted by atomic mass is 15.1. The Hall–Kier alpha value is -0.0800. The van der Waals surface area contributed by atoms with Gasteiger partial charge in [0.25, 0.3) is 0 Å². The lowest BCUT2D eigenvalue weighted by Gasteiger charge is -2.40. The molecule has 1 saturated heterocycles. The maximum Gasteiger partial charge on any atom is 0.00965 e. The van der Waals surface area contributed by atoms with Crippen LogP contribution in [0.1, 0.15) is 59.8 Å². The third-order valence-electron chi connectivity index (χ3n) is 3.96. The SMILES string of the molecule is CC.CC.CN1CCC2(CCCC2N)CC1. The van der Waals surface area contributed by atoms with Crippen molar-refractivity contribution < 1.29 is 0 Å². The first kappa shape index (κ1) is 15.9. The molecule has 98 valence electrons. The lowest BCUT2D eigenvalue weighted by atomic mass is 9.74. The van der Waals surface area contributed by atoms with Crippen LogP contribution >= 0.6 is 0 Å². The molecule has 1 unspecified atom stereocenters. The highest BCUT2D eigenvalue weighted by Gasteiger charge is 2.41. The fraction of sp³-hybridized carbons (Fsp3) is 1.00. The van der Waals surface area contributed by atoms with Crippen LogP contribution in [0.4, 0.5) is 0 Å². The lowest BCUT2D eigenvalue weighted by molar-refractivity contribution is 0.112. The molecule has 0 amide bonds. The van der Waals surface area contributed by atoms with Crippen LogP contribution in [0.15, 0.2) is 0 Å². The molecule has 2 aliphatic rings. The van der Waals surface area contributed by atoms with Crippen molar-refractivity contribution in [3.05, 3.63) is 0 Å². The van der Waals surface area contributed by atoms with E-state index in [9.17, 15) is 0 Å². The first-order chi connectivity index (χ1) is 7.73. The Morgan fingerprint density at radius 3 is 1.88 bits per heavy atom. The summed E-state index contributed by atoms with van der Waals surface area (Å²) in [6, 6.07) is 0.506. The third-order valence-corrected chi connectivity index (χ3v) is 3.96. The number of likely N-dealkylation sites (tertiary alicyclic amines) is 1. The van der Waals surface area contributed by atoms with Gasteiger partial charge in [0.15, 0.2) is 0 Å². The predicted octanol–water partition coefficient (Wildman–Crippen LogP) is 3.26. The molecule has 2 N–H and O–H groups in total. The number of hydrogen-bond donors (Lipinski definition) is 1. The Morgan fingerprint density at radius 1 is 1.00 bits per heavy atom. The largest absolute Gasteiger partial charge is 0.327 e. The molecule has 2 nitrogen and oxygen atoms in total. The van der Waals surface area contributed by atoms with Gasteiger partial charge in [-0.05, 0) is 51.2 Å². The minimum atomic E-state index is 0.506. The Bertz CT molecular complexity index is 160. The third kappa shape index (κ3) is 3.74. The molecule has 1 aliphatic heterocycles. The van der Waals surface area contributed by atoms with Crippen molar-refractivity contribution in [1.82, 2.24) is 4.90 Å². The minimum Gasteiger partial charge on any atom is -0.327 e. The van der Waals surface area contributed by atoms with Gasteiger partial charge in [0.2, 0.25) is 0 Å². The van der Waals surface area contributed by atoms with Gasteiger partial charge in [0, 0.05) is 6.04 Å². The molecule has 1 spiro atoms. The summed E-state index contributed by atoms with van der Waals surface area (Å²) in [7, 11) is 2.22. The number of rotatable bonds is 0. The highest BCUT2D eigenvalue weighted by Crippen LogP contribution is 2.44. The number of nitrogens with zero attached hydrogens (tertiary/aromatic N) is 1. The zero-order chi connectivity index (χ0) is 12.6. The van der Waals surface area contributed by atoms with E-state index in [2.05, 4.69) is 11.9 Å². The fourth-order valence-electron chi connectivity index (χ4n) is 2.85. The summed E-state index contributed by atoms with van der Waals surface area (Å²) < 4.78 is 0. The zero-order valence-electron chi connectivity index (χ0n) is 12.1. The van der Waals surface area contributed by atoms with Crippen LogP contribution < -0.4 is 5.73 Å². The van der Waals surface area contributed by atoms with Gasteiger partial charge in [-0.15, -0.1) is 0 Å². The molecule has 0 bridgehead atoms. The molecule has 0 radical (unpaired) electrons. The van der Waals surface area contributed by atoms with E-state index in [1.165, 1.54) is 45.2 Å². The van der Waals surface area contributed by atoms with Crippen LogP contribution in [-0.4, -0.2) is 31.1 Å². The standard InChI is InChI=1S/C10H20N2.2C2H6/c1-12-7-5-10(6-8-12)4-2-3-9(10)11;2*1-2/h9H,2-8,11H2,1H3;2*1-2H3. The first-order valence-electron chi connectivity index (χ1n) is 7.17. The van der Waals surface area contributed by atoms with Crippen LogP contribution in [0.25, 0.3) is 0 Å². The van der Waals surface area contributed by atoms with Crippen LogP contribution in [0.2, 0.25) is 0 Å². The average molecular weight is 228 g/mol. The Kier molecular flexibility index (Phi) is 8.04. The van der Waals surface area contributed by atoms with Crippen molar-refractivity contribution in [2.24, 2.45) is 11.1 Å². The maximum atomic E-state index is 6.17. The average Bonchev–Trinajstić information content (AvgIpc) is 2.70. The van der Waals surface area contributed by atoms with Gasteiger partial charge in [0.1, 0.15) is 0 Å². The van der Waals surface area contributed by atoms with Crippen molar-refractivity contribution in [3.8, 4) is 0 Å². The van der Waals surface area contributed by atoms with Gasteiger partial charge in [-0.2, -0.15) is 0 Å². The summed E-state index contributed by atoms with van der Waals surface area (Å²) in [5.41, 5.74) is 6.72. The normalized spacial score (nSPS) is 27.8. The van der Waals surface area contributed by atoms with Crippen LogP contribution in [0, 0.1) is 5.41 Å². The molecule has 0 aromatic carbocycles. The van der Waals surface area contributed by atoms with Gasteiger partial charge in [0.05, 0.1) is 0 Å². The molecule has 1 atom stereocenters. The molecule has 16 heavy (non-hydrogen) atoms. The van der Waals surface area contributed by atoms with Crippen LogP contribution in [-0.2, 0) is 0 Å². The predicted molar refractivity (Wildman–Crippen MR) is 73.7 cm³/mol. The Balaban J connectivity index is 0.000000509. The van der Waals surface area contributed by atoms with Crippen molar-refractivity contribution in [1.29, 1.82) is 0 Å². The summed E-state index contributed by atoms with van der Waals surface area (Å²) in [4.78, 5) is 2.43. The number of hydrogen-bond acceptors (Lipinski definition) is 2. The van der Waals surface area contributed by atoms with E-state index in [0.29, 0.717) is 11.5 Å². The van der Waals surface area contributed by atoms with Gasteiger partial charge < -0.3 is 10.6 Å². The first-order valence-corrected chi connectivity index (χ1v) is 7.17. The summed E-state index contributed by atoms with van der Waals surface area (Å²) in [5.74, 6) is 0. The molecule has 1 saturated carbocycles. The van der Waals surface area contributed by atoms with E-state index < -0.39 is 0 Å². The van der Waals surface area contributed by atoms with E-state index in [1.807, 2.05) is 27.7 Å². The van der Waals surface area contributed by atoms with Crippen LogP contribution in [0.5, 0.6) is 0 Å². The summed E-state index contributed by atoms with van der Waals surface area (Å²) in [6.07, 6.45) is 6.70. The van der Waals surface area contributed by atoms with Gasteiger partial charge in [-0.1, -0.05) is 34.1 Å². The molecule has 1 heterocycles. The molecule has 2 fully saturated rings. The Labute approximate surface area is 103 Å². The number of nitrogens with two attached hydrogens (primary N) is 1.